The maximum atomic E-state index is 6.03. The predicted molar refractivity (Wildman–Crippen MR) is 129 cm³/mol. The predicted octanol–water partition coefficient (Wildman–Crippen LogP) is 2.93. The first-order valence-corrected chi connectivity index (χ1v) is 10.2. The van der Waals surface area contributed by atoms with Gasteiger partial charge in [0.2, 0.25) is 11.7 Å². The monoisotopic (exact) mass is 557 g/mol. The summed E-state index contributed by atoms with van der Waals surface area (Å²) in [7, 11) is 1.80. The van der Waals surface area contributed by atoms with Crippen molar-refractivity contribution >= 4 is 41.5 Å². The highest BCUT2D eigenvalue weighted by molar-refractivity contribution is 14.0. The van der Waals surface area contributed by atoms with Gasteiger partial charge in [0.1, 0.15) is 6.26 Å². The fourth-order valence-corrected chi connectivity index (χ4v) is 3.57. The summed E-state index contributed by atoms with van der Waals surface area (Å²) in [5.74, 6) is 2.00. The number of rotatable bonds is 6. The quantitative estimate of drug-likeness (QED) is 0.281. The van der Waals surface area contributed by atoms with Gasteiger partial charge in [-0.15, -0.1) is 24.0 Å². The first-order valence-electron chi connectivity index (χ1n) is 9.87. The van der Waals surface area contributed by atoms with Gasteiger partial charge in [0, 0.05) is 69.4 Å². The van der Waals surface area contributed by atoms with Gasteiger partial charge in [0.05, 0.1) is 5.69 Å². The SMILES string of the molecule is CN=C(NCCc1nc(-c2cccc(Cl)c2)no1)N1CCN(Cc2ccon2)CC1.I. The lowest BCUT2D eigenvalue weighted by Gasteiger charge is -2.36. The Balaban J connectivity index is 0.00000272. The Morgan fingerprint density at radius 3 is 2.74 bits per heavy atom. The van der Waals surface area contributed by atoms with Gasteiger partial charge in [-0.25, -0.2) is 0 Å². The van der Waals surface area contributed by atoms with Crippen molar-refractivity contribution in [2.75, 3.05) is 39.8 Å². The minimum Gasteiger partial charge on any atom is -0.364 e. The number of benzene rings is 1. The van der Waals surface area contributed by atoms with Crippen LogP contribution in [-0.4, -0.2) is 70.8 Å². The Hall–Kier alpha value is -2.18. The maximum Gasteiger partial charge on any atom is 0.228 e. The molecule has 31 heavy (non-hydrogen) atoms. The van der Waals surface area contributed by atoms with Gasteiger partial charge in [0.25, 0.3) is 0 Å². The molecule has 0 atom stereocenters. The van der Waals surface area contributed by atoms with Gasteiger partial charge in [-0.2, -0.15) is 4.98 Å². The molecule has 2 aromatic heterocycles. The zero-order valence-corrected chi connectivity index (χ0v) is 20.3. The zero-order chi connectivity index (χ0) is 20.8. The van der Waals surface area contributed by atoms with E-state index in [4.69, 9.17) is 20.6 Å². The van der Waals surface area contributed by atoms with Crippen LogP contribution in [0.2, 0.25) is 5.02 Å². The van der Waals surface area contributed by atoms with Crippen molar-refractivity contribution in [2.24, 2.45) is 4.99 Å². The van der Waals surface area contributed by atoms with Crippen LogP contribution in [0.5, 0.6) is 0 Å². The number of halogens is 2. The van der Waals surface area contributed by atoms with E-state index in [1.807, 2.05) is 30.3 Å². The molecule has 4 rings (SSSR count). The minimum absolute atomic E-state index is 0. The molecule has 1 aliphatic heterocycles. The van der Waals surface area contributed by atoms with Crippen LogP contribution in [0.25, 0.3) is 11.4 Å². The van der Waals surface area contributed by atoms with Crippen LogP contribution in [-0.2, 0) is 13.0 Å². The average molecular weight is 558 g/mol. The number of piperazine rings is 1. The fraction of sp³-hybridized carbons (Fsp3) is 0.400. The van der Waals surface area contributed by atoms with Crippen LogP contribution in [0.3, 0.4) is 0 Å². The standard InChI is InChI=1S/C20H24ClN7O2.HI/c1-22-20(28-10-8-27(9-11-28)14-17-6-12-29-25-17)23-7-5-18-24-19(26-30-18)15-3-2-4-16(21)13-15;/h2-4,6,12-13H,5,7-11,14H2,1H3,(H,22,23);1H. The number of guanidine groups is 1. The van der Waals surface area contributed by atoms with Gasteiger partial charge in [-0.05, 0) is 12.1 Å². The third kappa shape index (κ3) is 6.40. The summed E-state index contributed by atoms with van der Waals surface area (Å²) >= 11 is 6.03. The number of aromatic nitrogens is 3. The van der Waals surface area contributed by atoms with E-state index in [1.165, 1.54) is 0 Å². The second-order valence-electron chi connectivity index (χ2n) is 7.00. The molecule has 1 N–H and O–H groups in total. The molecule has 1 saturated heterocycles. The molecule has 1 fully saturated rings. The van der Waals surface area contributed by atoms with Gasteiger partial charge in [0.15, 0.2) is 5.96 Å². The molecule has 3 heterocycles. The number of hydrogen-bond donors (Lipinski definition) is 1. The molecule has 0 bridgehead atoms. The number of nitrogens with one attached hydrogen (secondary N) is 1. The summed E-state index contributed by atoms with van der Waals surface area (Å²) in [6.45, 7) is 5.15. The van der Waals surface area contributed by atoms with Crippen LogP contribution in [0.15, 0.2) is 50.6 Å². The molecule has 1 aliphatic rings. The van der Waals surface area contributed by atoms with Gasteiger partial charge in [-0.1, -0.05) is 34.0 Å². The summed E-state index contributed by atoms with van der Waals surface area (Å²) in [6, 6.07) is 9.31. The highest BCUT2D eigenvalue weighted by atomic mass is 127. The van der Waals surface area contributed by atoms with Crippen molar-refractivity contribution in [2.45, 2.75) is 13.0 Å². The smallest absolute Gasteiger partial charge is 0.228 e. The molecule has 0 unspecified atom stereocenters. The normalized spacial score (nSPS) is 15.0. The van der Waals surface area contributed by atoms with Crippen molar-refractivity contribution in [3.8, 4) is 11.4 Å². The number of nitrogens with zero attached hydrogens (tertiary/aromatic N) is 6. The second-order valence-corrected chi connectivity index (χ2v) is 7.44. The molecule has 3 aromatic rings. The van der Waals surface area contributed by atoms with E-state index in [0.717, 1.165) is 49.9 Å². The Bertz CT molecular complexity index is 972. The molecule has 0 radical (unpaired) electrons. The molecular formula is C20H25ClIN7O2. The van der Waals surface area contributed by atoms with Crippen molar-refractivity contribution < 1.29 is 9.05 Å². The van der Waals surface area contributed by atoms with E-state index in [1.54, 1.807) is 13.3 Å². The Morgan fingerprint density at radius 2 is 2.03 bits per heavy atom. The van der Waals surface area contributed by atoms with E-state index in [9.17, 15) is 0 Å². The largest absolute Gasteiger partial charge is 0.364 e. The lowest BCUT2D eigenvalue weighted by atomic mass is 10.2. The van der Waals surface area contributed by atoms with Crippen molar-refractivity contribution in [1.29, 1.82) is 0 Å². The Kier molecular flexibility index (Phi) is 8.67. The molecular weight excluding hydrogens is 533 g/mol. The van der Waals surface area contributed by atoms with E-state index in [2.05, 4.69) is 35.4 Å². The van der Waals surface area contributed by atoms with Crippen LogP contribution in [0.4, 0.5) is 0 Å². The summed E-state index contributed by atoms with van der Waals surface area (Å²) < 4.78 is 10.3. The van der Waals surface area contributed by atoms with Gasteiger partial charge in [-0.3, -0.25) is 9.89 Å². The third-order valence-electron chi connectivity index (χ3n) is 4.93. The molecule has 9 nitrogen and oxygen atoms in total. The van der Waals surface area contributed by atoms with E-state index in [-0.39, 0.29) is 24.0 Å². The maximum absolute atomic E-state index is 6.03. The molecule has 0 amide bonds. The van der Waals surface area contributed by atoms with E-state index >= 15 is 0 Å². The van der Waals surface area contributed by atoms with Crippen LogP contribution >= 0.6 is 35.6 Å². The second kappa shape index (κ2) is 11.4. The van der Waals surface area contributed by atoms with Crippen molar-refractivity contribution in [3.05, 3.63) is 53.2 Å². The first-order chi connectivity index (χ1) is 14.7. The highest BCUT2D eigenvalue weighted by Gasteiger charge is 2.20. The molecule has 1 aromatic carbocycles. The van der Waals surface area contributed by atoms with Gasteiger partial charge < -0.3 is 19.3 Å². The molecule has 0 saturated carbocycles. The van der Waals surface area contributed by atoms with Crippen LogP contribution < -0.4 is 5.32 Å². The summed E-state index contributed by atoms with van der Waals surface area (Å²) in [4.78, 5) is 13.5. The molecule has 0 spiro atoms. The Morgan fingerprint density at radius 1 is 1.19 bits per heavy atom. The topological polar surface area (TPSA) is 95.8 Å². The van der Waals surface area contributed by atoms with Crippen molar-refractivity contribution in [1.82, 2.24) is 30.4 Å². The third-order valence-corrected chi connectivity index (χ3v) is 5.17. The lowest BCUT2D eigenvalue weighted by molar-refractivity contribution is 0.169. The molecule has 166 valence electrons. The summed E-state index contributed by atoms with van der Waals surface area (Å²) in [5.41, 5.74) is 1.80. The zero-order valence-electron chi connectivity index (χ0n) is 17.2. The summed E-state index contributed by atoms with van der Waals surface area (Å²) in [5, 5.41) is 12.1. The average Bonchev–Trinajstić information content (AvgIpc) is 3.44. The van der Waals surface area contributed by atoms with E-state index < -0.39 is 0 Å². The molecule has 11 heteroatoms. The minimum atomic E-state index is 0. The van der Waals surface area contributed by atoms with E-state index in [0.29, 0.717) is 29.7 Å². The Labute approximate surface area is 202 Å². The van der Waals surface area contributed by atoms with Crippen LogP contribution in [0, 0.1) is 0 Å². The number of aliphatic imine (C=N–C) groups is 1. The van der Waals surface area contributed by atoms with Crippen LogP contribution in [0.1, 0.15) is 11.6 Å². The highest BCUT2D eigenvalue weighted by Crippen LogP contribution is 2.20. The number of hydrogen-bond acceptors (Lipinski definition) is 7. The lowest BCUT2D eigenvalue weighted by Crippen LogP contribution is -2.52. The van der Waals surface area contributed by atoms with Crippen molar-refractivity contribution in [3.63, 3.8) is 0 Å². The molecule has 0 aliphatic carbocycles. The van der Waals surface area contributed by atoms with Gasteiger partial charge >= 0.3 is 0 Å². The first kappa shape index (κ1) is 23.5. The fourth-order valence-electron chi connectivity index (χ4n) is 3.38. The summed E-state index contributed by atoms with van der Waals surface area (Å²) in [6.07, 6.45) is 2.22.